The van der Waals surface area contributed by atoms with E-state index in [9.17, 15) is 17.6 Å². The van der Waals surface area contributed by atoms with E-state index in [1.165, 1.54) is 56.7 Å². The van der Waals surface area contributed by atoms with Crippen LogP contribution >= 0.6 is 0 Å². The van der Waals surface area contributed by atoms with E-state index in [1.54, 1.807) is 12.1 Å². The Balaban J connectivity index is 1.61. The molecular formula is C25H27F4NO. The number of hydrogen-bond donors (Lipinski definition) is 0. The molecule has 166 valence electrons. The van der Waals surface area contributed by atoms with Crippen LogP contribution in [-0.2, 0) is 6.11 Å². The number of benzene rings is 2. The Morgan fingerprint density at radius 2 is 1.61 bits per heavy atom. The maximum Gasteiger partial charge on any atom is 0.426 e. The third-order valence-corrected chi connectivity index (χ3v) is 6.15. The van der Waals surface area contributed by atoms with Crippen LogP contribution in [0.2, 0.25) is 0 Å². The van der Waals surface area contributed by atoms with Crippen molar-refractivity contribution in [2.24, 2.45) is 5.92 Å². The van der Waals surface area contributed by atoms with E-state index in [0.717, 1.165) is 24.3 Å². The van der Waals surface area contributed by atoms with Crippen LogP contribution in [0, 0.1) is 28.9 Å². The van der Waals surface area contributed by atoms with Crippen molar-refractivity contribution in [2.75, 3.05) is 0 Å². The van der Waals surface area contributed by atoms with Gasteiger partial charge in [0.15, 0.2) is 0 Å². The van der Waals surface area contributed by atoms with Crippen LogP contribution in [0.25, 0.3) is 0 Å². The lowest BCUT2D eigenvalue weighted by Crippen LogP contribution is -2.22. The van der Waals surface area contributed by atoms with E-state index >= 15 is 0 Å². The van der Waals surface area contributed by atoms with Crippen molar-refractivity contribution in [2.45, 2.75) is 70.3 Å². The second-order valence-electron chi connectivity index (χ2n) is 8.33. The third kappa shape index (κ3) is 5.78. The summed E-state index contributed by atoms with van der Waals surface area (Å²) in [6.07, 6.45) is 5.74. The van der Waals surface area contributed by atoms with Gasteiger partial charge < -0.3 is 4.74 Å². The fraction of sp³-hybridized carbons (Fsp3) is 0.480. The molecule has 0 N–H and O–H groups in total. The largest absolute Gasteiger partial charge is 0.429 e. The van der Waals surface area contributed by atoms with Gasteiger partial charge in [-0.3, -0.25) is 0 Å². The molecule has 0 saturated heterocycles. The third-order valence-electron chi connectivity index (χ3n) is 6.15. The maximum atomic E-state index is 14.4. The van der Waals surface area contributed by atoms with Crippen LogP contribution < -0.4 is 4.74 Å². The van der Waals surface area contributed by atoms with Crippen molar-refractivity contribution in [3.63, 3.8) is 0 Å². The fourth-order valence-corrected chi connectivity index (χ4v) is 4.33. The Morgan fingerprint density at radius 1 is 1.00 bits per heavy atom. The smallest absolute Gasteiger partial charge is 0.426 e. The van der Waals surface area contributed by atoms with E-state index < -0.39 is 28.9 Å². The molecule has 6 heteroatoms. The molecule has 0 radical (unpaired) electrons. The average molecular weight is 433 g/mol. The number of rotatable bonds is 8. The Bertz CT molecular complexity index is 889. The molecule has 0 aliphatic heterocycles. The molecule has 1 aliphatic rings. The van der Waals surface area contributed by atoms with Crippen molar-refractivity contribution < 1.29 is 22.3 Å². The van der Waals surface area contributed by atoms with Crippen molar-refractivity contribution in [3.05, 3.63) is 64.7 Å². The van der Waals surface area contributed by atoms with Crippen molar-refractivity contribution in [1.82, 2.24) is 0 Å². The molecule has 2 aromatic rings. The molecule has 2 nitrogen and oxygen atoms in total. The van der Waals surface area contributed by atoms with Gasteiger partial charge in [-0.15, -0.1) is 0 Å². The fourth-order valence-electron chi connectivity index (χ4n) is 4.33. The lowest BCUT2D eigenvalue weighted by Gasteiger charge is -2.29. The lowest BCUT2D eigenvalue weighted by molar-refractivity contribution is -0.185. The minimum Gasteiger partial charge on any atom is -0.429 e. The normalized spacial score (nSPS) is 19.1. The van der Waals surface area contributed by atoms with Crippen molar-refractivity contribution in [3.8, 4) is 11.8 Å². The van der Waals surface area contributed by atoms with Crippen molar-refractivity contribution in [1.29, 1.82) is 5.26 Å². The number of unbranched alkanes of at least 4 members (excludes halogenated alkanes) is 2. The van der Waals surface area contributed by atoms with Crippen LogP contribution in [0.15, 0.2) is 36.4 Å². The summed E-state index contributed by atoms with van der Waals surface area (Å²) in [4.78, 5) is 0. The van der Waals surface area contributed by atoms with Crippen LogP contribution in [-0.4, -0.2) is 0 Å². The van der Waals surface area contributed by atoms with Gasteiger partial charge >= 0.3 is 6.11 Å². The van der Waals surface area contributed by atoms with Crippen LogP contribution in [0.1, 0.15) is 80.9 Å². The highest BCUT2D eigenvalue weighted by molar-refractivity contribution is 5.37. The first-order valence-electron chi connectivity index (χ1n) is 10.9. The molecule has 1 saturated carbocycles. The summed E-state index contributed by atoms with van der Waals surface area (Å²) in [5, 5.41) is 8.68. The molecule has 0 unspecified atom stereocenters. The van der Waals surface area contributed by atoms with Crippen molar-refractivity contribution >= 4 is 0 Å². The van der Waals surface area contributed by atoms with E-state index in [4.69, 9.17) is 10.00 Å². The van der Waals surface area contributed by atoms with E-state index in [1.807, 2.05) is 0 Å². The summed E-state index contributed by atoms with van der Waals surface area (Å²) in [6, 6.07) is 8.66. The number of nitriles is 1. The standard InChI is InChI=1S/C25H27F4NO/c1-2-3-4-5-17-6-8-18(9-7-17)19-10-12-21(13-11-19)31-25(28,29)20-14-23(26)22(16-30)24(27)15-20/h10-15,17-18H,2-9H2,1H3. The summed E-state index contributed by atoms with van der Waals surface area (Å²) in [7, 11) is 0. The number of alkyl halides is 2. The second-order valence-corrected chi connectivity index (χ2v) is 8.33. The minimum atomic E-state index is -3.94. The van der Waals surface area contributed by atoms with E-state index in [-0.39, 0.29) is 5.75 Å². The predicted octanol–water partition coefficient (Wildman–Crippen LogP) is 7.82. The number of hydrogen-bond acceptors (Lipinski definition) is 2. The Morgan fingerprint density at radius 3 is 2.16 bits per heavy atom. The van der Waals surface area contributed by atoms with Gasteiger partial charge in [0.2, 0.25) is 0 Å². The molecule has 1 aliphatic carbocycles. The molecule has 0 heterocycles. The van der Waals surface area contributed by atoms with Gasteiger partial charge in [-0.05, 0) is 67.3 Å². The summed E-state index contributed by atoms with van der Waals surface area (Å²) in [5.74, 6) is -1.58. The van der Waals surface area contributed by atoms with Gasteiger partial charge in [-0.2, -0.15) is 14.0 Å². The minimum absolute atomic E-state index is 0.0906. The van der Waals surface area contributed by atoms with Gasteiger partial charge in [-0.25, -0.2) is 8.78 Å². The molecule has 31 heavy (non-hydrogen) atoms. The van der Waals surface area contributed by atoms with Gasteiger partial charge in [0, 0.05) is 0 Å². The van der Waals surface area contributed by atoms with Gasteiger partial charge in [0.1, 0.15) is 29.0 Å². The quantitative estimate of drug-likeness (QED) is 0.314. The Kier molecular flexibility index (Phi) is 7.59. The number of halogens is 4. The molecule has 3 rings (SSSR count). The molecule has 0 aromatic heterocycles. The molecule has 1 fully saturated rings. The zero-order chi connectivity index (χ0) is 22.4. The summed E-state index contributed by atoms with van der Waals surface area (Å²) < 4.78 is 61.0. The molecule has 2 aromatic carbocycles. The zero-order valence-electron chi connectivity index (χ0n) is 17.6. The van der Waals surface area contributed by atoms with Gasteiger partial charge in [0.25, 0.3) is 0 Å². The summed E-state index contributed by atoms with van der Waals surface area (Å²) in [6.45, 7) is 2.21. The molecule has 0 amide bonds. The average Bonchev–Trinajstić information content (AvgIpc) is 2.74. The summed E-state index contributed by atoms with van der Waals surface area (Å²) in [5.41, 5.74) is -0.783. The molecule has 0 atom stereocenters. The first-order chi connectivity index (χ1) is 14.8. The van der Waals surface area contributed by atoms with E-state index in [2.05, 4.69) is 6.92 Å². The molecule has 0 spiro atoms. The van der Waals surface area contributed by atoms with Crippen LogP contribution in [0.3, 0.4) is 0 Å². The highest BCUT2D eigenvalue weighted by atomic mass is 19.3. The van der Waals surface area contributed by atoms with Gasteiger partial charge in [0.05, 0.1) is 5.56 Å². The lowest BCUT2D eigenvalue weighted by atomic mass is 9.77. The monoisotopic (exact) mass is 433 g/mol. The zero-order valence-corrected chi connectivity index (χ0v) is 17.6. The first kappa shape index (κ1) is 23.1. The molecular weight excluding hydrogens is 406 g/mol. The molecule has 0 bridgehead atoms. The highest BCUT2D eigenvalue weighted by Gasteiger charge is 2.36. The maximum absolute atomic E-state index is 14.4. The predicted molar refractivity (Wildman–Crippen MR) is 111 cm³/mol. The second kappa shape index (κ2) is 10.2. The number of ether oxygens (including phenoxy) is 1. The topological polar surface area (TPSA) is 33.0 Å². The highest BCUT2D eigenvalue weighted by Crippen LogP contribution is 2.39. The SMILES string of the molecule is CCCCCC1CCC(c2ccc(OC(F)(F)c3cc(F)c(C#N)c(F)c3)cc2)CC1. The Hall–Kier alpha value is -2.55. The van der Waals surface area contributed by atoms with Crippen LogP contribution in [0.5, 0.6) is 5.75 Å². The first-order valence-corrected chi connectivity index (χ1v) is 10.9. The van der Waals surface area contributed by atoms with Gasteiger partial charge in [-0.1, -0.05) is 44.7 Å². The number of nitrogens with zero attached hydrogens (tertiary/aromatic N) is 1. The Labute approximate surface area is 180 Å². The van der Waals surface area contributed by atoms with Crippen LogP contribution in [0.4, 0.5) is 17.6 Å². The summed E-state index contributed by atoms with van der Waals surface area (Å²) >= 11 is 0. The van der Waals surface area contributed by atoms with E-state index in [0.29, 0.717) is 18.1 Å².